The van der Waals surface area contributed by atoms with Crippen LogP contribution in [0, 0.1) is 0 Å². The molecular weight excluding hydrogens is 520 g/mol. The smallest absolute Gasteiger partial charge is 0.291 e. The van der Waals surface area contributed by atoms with Crippen molar-refractivity contribution >= 4 is 39.1 Å². The van der Waals surface area contributed by atoms with Crippen LogP contribution in [-0.4, -0.2) is 23.9 Å². The number of carbonyl (C=O) groups excluding carboxylic acids is 2. The third-order valence-corrected chi connectivity index (χ3v) is 6.56. The van der Waals surface area contributed by atoms with Crippen LogP contribution < -0.4 is 20.5 Å². The maximum atomic E-state index is 13.5. The number of anilines is 1. The van der Waals surface area contributed by atoms with Gasteiger partial charge in [0, 0.05) is 17.0 Å². The zero-order valence-corrected chi connectivity index (χ0v) is 20.5. The van der Waals surface area contributed by atoms with Crippen molar-refractivity contribution in [1.29, 1.82) is 0 Å². The number of aromatic nitrogens is 1. The first-order valence-corrected chi connectivity index (χ1v) is 11.9. The minimum atomic E-state index is -2.87. The molecule has 3 N–H and O–H groups in total. The summed E-state index contributed by atoms with van der Waals surface area (Å²) in [4.78, 5) is 29.3. The van der Waals surface area contributed by atoms with Crippen molar-refractivity contribution < 1.29 is 36.7 Å². The predicted octanol–water partition coefficient (Wildman–Crippen LogP) is 6.03. The summed E-state index contributed by atoms with van der Waals surface area (Å²) in [6, 6.07) is 14.3. The molecule has 4 heterocycles. The van der Waals surface area contributed by atoms with Gasteiger partial charge in [-0.15, -0.1) is 11.3 Å². The van der Waals surface area contributed by atoms with E-state index in [0.29, 0.717) is 17.3 Å². The standard InChI is InChI=1S/C26H19F2N3O6S/c1-34-13-4-2-5-14(10-13)36-12-15-7-8-19(37-15)25(33)31-21-20-16(18-6-3-9-35-18)11-17(23(27)28)30-26(20)38-22(21)24(29)32/h2-11,23H,12H2,1H3,(H2,29,32)(H,31,33). The summed E-state index contributed by atoms with van der Waals surface area (Å²) in [5.74, 6) is 0.160. The lowest BCUT2D eigenvalue weighted by molar-refractivity contribution is 0.0992. The number of ether oxygens (including phenoxy) is 2. The van der Waals surface area contributed by atoms with Crippen molar-refractivity contribution in [3.8, 4) is 22.8 Å². The molecule has 5 aromatic rings. The molecule has 0 bridgehead atoms. The second kappa shape index (κ2) is 10.3. The number of methoxy groups -OCH3 is 1. The number of furan rings is 2. The fourth-order valence-electron chi connectivity index (χ4n) is 3.75. The number of pyridine rings is 1. The number of hydrogen-bond acceptors (Lipinski definition) is 8. The van der Waals surface area contributed by atoms with E-state index in [9.17, 15) is 18.4 Å². The quantitative estimate of drug-likeness (QED) is 0.234. The van der Waals surface area contributed by atoms with E-state index in [1.807, 2.05) is 0 Å². The number of carbonyl (C=O) groups is 2. The molecular formula is C26H19F2N3O6S. The Bertz CT molecular complexity index is 1630. The molecule has 0 saturated heterocycles. The number of rotatable bonds is 9. The van der Waals surface area contributed by atoms with E-state index < -0.39 is 23.9 Å². The molecule has 0 fully saturated rings. The van der Waals surface area contributed by atoms with E-state index in [-0.39, 0.29) is 44.5 Å². The lowest BCUT2D eigenvalue weighted by Gasteiger charge is -2.09. The maximum absolute atomic E-state index is 13.5. The Kier molecular flexibility index (Phi) is 6.79. The minimum Gasteiger partial charge on any atom is -0.497 e. The van der Waals surface area contributed by atoms with E-state index >= 15 is 0 Å². The third kappa shape index (κ3) is 4.93. The highest BCUT2D eigenvalue weighted by Gasteiger charge is 2.26. The van der Waals surface area contributed by atoms with Crippen LogP contribution in [0.2, 0.25) is 0 Å². The molecule has 9 nitrogen and oxygen atoms in total. The molecule has 194 valence electrons. The van der Waals surface area contributed by atoms with Gasteiger partial charge in [-0.25, -0.2) is 13.8 Å². The third-order valence-electron chi connectivity index (χ3n) is 5.46. The molecule has 0 aliphatic carbocycles. The van der Waals surface area contributed by atoms with E-state index in [4.69, 9.17) is 24.0 Å². The fourth-order valence-corrected chi connectivity index (χ4v) is 4.76. The highest BCUT2D eigenvalue weighted by molar-refractivity contribution is 7.21. The van der Waals surface area contributed by atoms with Crippen molar-refractivity contribution in [1.82, 2.24) is 4.98 Å². The van der Waals surface area contributed by atoms with Gasteiger partial charge in [-0.1, -0.05) is 6.07 Å². The van der Waals surface area contributed by atoms with Crippen molar-refractivity contribution in [2.45, 2.75) is 13.0 Å². The summed E-state index contributed by atoms with van der Waals surface area (Å²) < 4.78 is 49.0. The van der Waals surface area contributed by atoms with E-state index in [0.717, 1.165) is 17.4 Å². The first-order chi connectivity index (χ1) is 18.3. The number of halogens is 2. The molecule has 5 rings (SSSR count). The number of primary amides is 1. The molecule has 2 amide bonds. The SMILES string of the molecule is COc1cccc(OCc2ccc(C(=O)Nc3c(C(N)=O)sc4nc(C(F)F)cc(-c5ccco5)c34)o2)c1. The van der Waals surface area contributed by atoms with Gasteiger partial charge in [-0.3, -0.25) is 9.59 Å². The van der Waals surface area contributed by atoms with E-state index in [1.54, 1.807) is 49.6 Å². The number of nitrogens with one attached hydrogen (secondary N) is 1. The zero-order chi connectivity index (χ0) is 26.8. The molecule has 0 atom stereocenters. The Morgan fingerprint density at radius 1 is 1.13 bits per heavy atom. The van der Waals surface area contributed by atoms with Crippen molar-refractivity contribution in [3.63, 3.8) is 0 Å². The lowest BCUT2D eigenvalue weighted by atomic mass is 10.1. The Morgan fingerprint density at radius 2 is 1.95 bits per heavy atom. The average molecular weight is 540 g/mol. The molecule has 12 heteroatoms. The number of thiophene rings is 1. The topological polar surface area (TPSA) is 130 Å². The average Bonchev–Trinajstić information content (AvgIpc) is 3.67. The van der Waals surface area contributed by atoms with Gasteiger partial charge in [-0.05, 0) is 42.5 Å². The number of fused-ring (bicyclic) bond motifs is 1. The van der Waals surface area contributed by atoms with Crippen LogP contribution in [0.4, 0.5) is 14.5 Å². The maximum Gasteiger partial charge on any atom is 0.291 e. The highest BCUT2D eigenvalue weighted by Crippen LogP contribution is 2.42. The molecule has 4 aromatic heterocycles. The van der Waals surface area contributed by atoms with Crippen LogP contribution in [0.5, 0.6) is 11.5 Å². The summed E-state index contributed by atoms with van der Waals surface area (Å²) in [5, 5.41) is 2.88. The van der Waals surface area contributed by atoms with Crippen LogP contribution in [0.15, 0.2) is 69.7 Å². The van der Waals surface area contributed by atoms with Crippen LogP contribution in [0.1, 0.15) is 38.1 Å². The number of amides is 2. The van der Waals surface area contributed by atoms with Gasteiger partial charge >= 0.3 is 0 Å². The van der Waals surface area contributed by atoms with Gasteiger partial charge in [0.15, 0.2) is 5.76 Å². The molecule has 1 aromatic carbocycles. The zero-order valence-electron chi connectivity index (χ0n) is 19.7. The summed E-state index contributed by atoms with van der Waals surface area (Å²) in [6.45, 7) is 0.0390. The van der Waals surface area contributed by atoms with Crippen LogP contribution in [0.3, 0.4) is 0 Å². The second-order valence-corrected chi connectivity index (χ2v) is 8.91. The van der Waals surface area contributed by atoms with Crippen molar-refractivity contribution in [3.05, 3.63) is 83.0 Å². The Hall–Kier alpha value is -4.71. The number of nitrogens with zero attached hydrogens (tertiary/aromatic N) is 1. The van der Waals surface area contributed by atoms with Gasteiger partial charge in [0.05, 0.1) is 19.1 Å². The molecule has 0 saturated carbocycles. The summed E-state index contributed by atoms with van der Waals surface area (Å²) >= 11 is 0.790. The normalized spacial score (nSPS) is 11.2. The van der Waals surface area contributed by atoms with E-state index in [2.05, 4.69) is 10.3 Å². The summed E-state index contributed by atoms with van der Waals surface area (Å²) in [6.07, 6.45) is -1.49. The Morgan fingerprint density at radius 3 is 2.66 bits per heavy atom. The summed E-state index contributed by atoms with van der Waals surface area (Å²) in [5.41, 5.74) is 5.29. The second-order valence-electron chi connectivity index (χ2n) is 7.91. The van der Waals surface area contributed by atoms with Crippen molar-refractivity contribution in [2.75, 3.05) is 12.4 Å². The molecule has 0 radical (unpaired) electrons. The van der Waals surface area contributed by atoms with Gasteiger partial charge < -0.3 is 29.4 Å². The first-order valence-electron chi connectivity index (χ1n) is 11.1. The molecule has 0 aliphatic heterocycles. The number of alkyl halides is 2. The summed E-state index contributed by atoms with van der Waals surface area (Å²) in [7, 11) is 1.54. The van der Waals surface area contributed by atoms with Crippen LogP contribution in [0.25, 0.3) is 21.5 Å². The van der Waals surface area contributed by atoms with Gasteiger partial charge in [0.1, 0.15) is 45.0 Å². The molecule has 0 aliphatic rings. The monoisotopic (exact) mass is 539 g/mol. The van der Waals surface area contributed by atoms with Crippen LogP contribution >= 0.6 is 11.3 Å². The number of hydrogen-bond donors (Lipinski definition) is 2. The van der Waals surface area contributed by atoms with Gasteiger partial charge in [-0.2, -0.15) is 0 Å². The van der Waals surface area contributed by atoms with Gasteiger partial charge in [0.2, 0.25) is 0 Å². The number of nitrogens with two attached hydrogens (primary N) is 1. The first kappa shape index (κ1) is 25.0. The largest absolute Gasteiger partial charge is 0.497 e. The fraction of sp³-hybridized carbons (Fsp3) is 0.115. The van der Waals surface area contributed by atoms with E-state index in [1.165, 1.54) is 12.3 Å². The van der Waals surface area contributed by atoms with Crippen LogP contribution in [-0.2, 0) is 6.61 Å². The Balaban J connectivity index is 1.45. The molecule has 38 heavy (non-hydrogen) atoms. The minimum absolute atomic E-state index is 0.0211. The Labute approximate surface area is 217 Å². The predicted molar refractivity (Wildman–Crippen MR) is 135 cm³/mol. The van der Waals surface area contributed by atoms with Crippen molar-refractivity contribution in [2.24, 2.45) is 5.73 Å². The molecule has 0 spiro atoms. The van der Waals surface area contributed by atoms with Gasteiger partial charge in [0.25, 0.3) is 18.2 Å². The number of benzene rings is 1. The lowest BCUT2D eigenvalue weighted by Crippen LogP contribution is -2.16. The highest BCUT2D eigenvalue weighted by atomic mass is 32.1. The molecule has 0 unspecified atom stereocenters.